The monoisotopic (exact) mass is 193 g/mol. The van der Waals surface area contributed by atoms with Crippen LogP contribution in [0.3, 0.4) is 0 Å². The third-order valence-corrected chi connectivity index (χ3v) is 1.87. The van der Waals surface area contributed by atoms with Crippen LogP contribution in [-0.4, -0.2) is 14.8 Å². The first-order chi connectivity index (χ1) is 6.25. The van der Waals surface area contributed by atoms with Crippen LogP contribution < -0.4 is 0 Å². The molecule has 0 radical (unpaired) electrons. The topological polar surface area (TPSA) is 30.7 Å². The van der Waals surface area contributed by atoms with Gasteiger partial charge in [0.25, 0.3) is 0 Å². The van der Waals surface area contributed by atoms with Gasteiger partial charge in [-0.05, 0) is 25.1 Å². The molecule has 0 saturated carbocycles. The Kier molecular flexibility index (Phi) is 2.02. The summed E-state index contributed by atoms with van der Waals surface area (Å²) in [4.78, 5) is 4.12. The summed E-state index contributed by atoms with van der Waals surface area (Å²) in [6.07, 6.45) is 1.86. The van der Waals surface area contributed by atoms with Crippen LogP contribution in [0.4, 0.5) is 0 Å². The number of nitrogens with zero attached hydrogens (tertiary/aromatic N) is 3. The second-order valence-corrected chi connectivity index (χ2v) is 3.11. The molecule has 0 atom stereocenters. The van der Waals surface area contributed by atoms with Gasteiger partial charge >= 0.3 is 0 Å². The van der Waals surface area contributed by atoms with Gasteiger partial charge in [0.15, 0.2) is 5.82 Å². The quantitative estimate of drug-likeness (QED) is 0.651. The van der Waals surface area contributed by atoms with Crippen molar-refractivity contribution in [3.05, 3.63) is 41.3 Å². The third-order valence-electron chi connectivity index (χ3n) is 1.66. The van der Waals surface area contributed by atoms with E-state index in [1.165, 1.54) is 0 Å². The van der Waals surface area contributed by atoms with E-state index in [4.69, 9.17) is 11.6 Å². The Bertz CT molecular complexity index is 422. The fraction of sp³-hybridized carbons (Fsp3) is 0.111. The normalized spacial score (nSPS) is 10.3. The molecule has 2 aromatic heterocycles. The summed E-state index contributed by atoms with van der Waals surface area (Å²) in [6, 6.07) is 7.37. The van der Waals surface area contributed by atoms with Crippen molar-refractivity contribution in [1.82, 2.24) is 14.8 Å². The lowest BCUT2D eigenvalue weighted by Crippen LogP contribution is -1.97. The van der Waals surface area contributed by atoms with Crippen LogP contribution in [0.15, 0.2) is 30.5 Å². The van der Waals surface area contributed by atoms with E-state index in [2.05, 4.69) is 10.1 Å². The van der Waals surface area contributed by atoms with E-state index in [9.17, 15) is 0 Å². The lowest BCUT2D eigenvalue weighted by Gasteiger charge is -1.99. The predicted octanol–water partition coefficient (Wildman–Crippen LogP) is 2.23. The summed E-state index contributed by atoms with van der Waals surface area (Å²) in [5.74, 6) is 0.737. The van der Waals surface area contributed by atoms with E-state index in [1.54, 1.807) is 10.7 Å². The van der Waals surface area contributed by atoms with Gasteiger partial charge in [0.2, 0.25) is 0 Å². The zero-order valence-corrected chi connectivity index (χ0v) is 7.86. The zero-order valence-electron chi connectivity index (χ0n) is 7.11. The van der Waals surface area contributed by atoms with Crippen molar-refractivity contribution in [2.24, 2.45) is 0 Å². The van der Waals surface area contributed by atoms with Gasteiger partial charge in [-0.2, -0.15) is 5.10 Å². The summed E-state index contributed by atoms with van der Waals surface area (Å²) in [5, 5.41) is 4.70. The standard InChI is InChI=1S/C9H8ClN3/c1-7-5-6-13(12-7)9-4-2-3-8(10)11-9/h2-6H,1H3. The molecule has 0 N–H and O–H groups in total. The molecule has 0 aliphatic carbocycles. The number of hydrogen-bond acceptors (Lipinski definition) is 2. The smallest absolute Gasteiger partial charge is 0.155 e. The van der Waals surface area contributed by atoms with Gasteiger partial charge in [0.05, 0.1) is 5.69 Å². The zero-order chi connectivity index (χ0) is 9.26. The molecule has 3 nitrogen and oxygen atoms in total. The minimum Gasteiger partial charge on any atom is -0.222 e. The molecule has 2 aromatic rings. The van der Waals surface area contributed by atoms with Crippen LogP contribution >= 0.6 is 11.6 Å². The average Bonchev–Trinajstić information content (AvgIpc) is 2.52. The predicted molar refractivity (Wildman–Crippen MR) is 51.1 cm³/mol. The van der Waals surface area contributed by atoms with Gasteiger partial charge in [-0.15, -0.1) is 0 Å². The van der Waals surface area contributed by atoms with Crippen LogP contribution in [0, 0.1) is 6.92 Å². The first-order valence-corrected chi connectivity index (χ1v) is 4.29. The number of aromatic nitrogens is 3. The number of rotatable bonds is 1. The van der Waals surface area contributed by atoms with Crippen LogP contribution in [-0.2, 0) is 0 Å². The van der Waals surface area contributed by atoms with Crippen molar-refractivity contribution in [3.8, 4) is 5.82 Å². The average molecular weight is 194 g/mol. The summed E-state index contributed by atoms with van der Waals surface area (Å²) in [6.45, 7) is 1.93. The molecule has 0 spiro atoms. The first-order valence-electron chi connectivity index (χ1n) is 3.91. The minimum absolute atomic E-state index is 0.477. The Balaban J connectivity index is 2.46. The highest BCUT2D eigenvalue weighted by Gasteiger charge is 1.99. The molecule has 13 heavy (non-hydrogen) atoms. The second-order valence-electron chi connectivity index (χ2n) is 2.72. The highest BCUT2D eigenvalue weighted by molar-refractivity contribution is 6.29. The van der Waals surface area contributed by atoms with Crippen LogP contribution in [0.25, 0.3) is 5.82 Å². The fourth-order valence-electron chi connectivity index (χ4n) is 1.07. The van der Waals surface area contributed by atoms with Crippen molar-refractivity contribution in [3.63, 3.8) is 0 Å². The van der Waals surface area contributed by atoms with Gasteiger partial charge in [-0.25, -0.2) is 9.67 Å². The molecule has 2 rings (SSSR count). The largest absolute Gasteiger partial charge is 0.222 e. The highest BCUT2D eigenvalue weighted by Crippen LogP contribution is 2.08. The van der Waals surface area contributed by atoms with Crippen molar-refractivity contribution in [2.45, 2.75) is 6.92 Å². The maximum atomic E-state index is 5.75. The van der Waals surface area contributed by atoms with Crippen molar-refractivity contribution in [1.29, 1.82) is 0 Å². The van der Waals surface area contributed by atoms with Gasteiger partial charge in [-0.3, -0.25) is 0 Å². The molecule has 0 aliphatic rings. The van der Waals surface area contributed by atoms with Crippen molar-refractivity contribution >= 4 is 11.6 Å². The number of halogens is 1. The Hall–Kier alpha value is -1.35. The van der Waals surface area contributed by atoms with Crippen molar-refractivity contribution in [2.75, 3.05) is 0 Å². The molecule has 0 aromatic carbocycles. The van der Waals surface area contributed by atoms with Crippen molar-refractivity contribution < 1.29 is 0 Å². The molecule has 0 bridgehead atoms. The summed E-state index contributed by atoms with van der Waals surface area (Å²) in [7, 11) is 0. The van der Waals surface area contributed by atoms with Crippen LogP contribution in [0.1, 0.15) is 5.69 Å². The minimum atomic E-state index is 0.477. The maximum absolute atomic E-state index is 5.75. The maximum Gasteiger partial charge on any atom is 0.155 e. The molecule has 0 saturated heterocycles. The summed E-state index contributed by atoms with van der Waals surface area (Å²) < 4.78 is 1.70. The van der Waals surface area contributed by atoms with Gasteiger partial charge in [-0.1, -0.05) is 17.7 Å². The van der Waals surface area contributed by atoms with E-state index in [0.29, 0.717) is 5.15 Å². The number of aryl methyl sites for hydroxylation is 1. The van der Waals surface area contributed by atoms with E-state index in [0.717, 1.165) is 11.5 Å². The molecule has 2 heterocycles. The molecule has 0 fully saturated rings. The van der Waals surface area contributed by atoms with Gasteiger partial charge in [0.1, 0.15) is 5.15 Å². The molecule has 0 amide bonds. The molecule has 66 valence electrons. The van der Waals surface area contributed by atoms with E-state index in [-0.39, 0.29) is 0 Å². The Morgan fingerprint density at radius 2 is 2.15 bits per heavy atom. The highest BCUT2D eigenvalue weighted by atomic mass is 35.5. The number of pyridine rings is 1. The molecule has 4 heteroatoms. The first kappa shape index (κ1) is 8.26. The Labute approximate surface area is 81.0 Å². The second kappa shape index (κ2) is 3.18. The van der Waals surface area contributed by atoms with E-state index in [1.807, 2.05) is 31.3 Å². The lowest BCUT2D eigenvalue weighted by atomic mass is 10.5. The number of hydrogen-bond donors (Lipinski definition) is 0. The third kappa shape index (κ3) is 1.70. The van der Waals surface area contributed by atoms with E-state index < -0.39 is 0 Å². The molecule has 0 aliphatic heterocycles. The van der Waals surface area contributed by atoms with Crippen LogP contribution in [0.5, 0.6) is 0 Å². The van der Waals surface area contributed by atoms with Crippen LogP contribution in [0.2, 0.25) is 5.15 Å². The van der Waals surface area contributed by atoms with Gasteiger partial charge < -0.3 is 0 Å². The Morgan fingerprint density at radius 1 is 1.31 bits per heavy atom. The Morgan fingerprint density at radius 3 is 2.77 bits per heavy atom. The molecular weight excluding hydrogens is 186 g/mol. The lowest BCUT2D eigenvalue weighted by molar-refractivity contribution is 0.832. The summed E-state index contributed by atoms with van der Waals surface area (Å²) >= 11 is 5.75. The summed E-state index contributed by atoms with van der Waals surface area (Å²) in [5.41, 5.74) is 0.960. The fourth-order valence-corrected chi connectivity index (χ4v) is 1.23. The SMILES string of the molecule is Cc1ccn(-c2cccc(Cl)n2)n1. The van der Waals surface area contributed by atoms with E-state index >= 15 is 0 Å². The molecule has 0 unspecified atom stereocenters. The van der Waals surface area contributed by atoms with Gasteiger partial charge in [0, 0.05) is 6.20 Å². The molecular formula is C9H8ClN3.